The highest BCUT2D eigenvalue weighted by atomic mass is 32.1. The second-order valence-corrected chi connectivity index (χ2v) is 6.56. The third-order valence-corrected chi connectivity index (χ3v) is 5.00. The van der Waals surface area contributed by atoms with E-state index >= 15 is 0 Å². The number of fused-ring (bicyclic) bond motifs is 1. The van der Waals surface area contributed by atoms with Crippen molar-refractivity contribution in [2.75, 3.05) is 13.1 Å². The van der Waals surface area contributed by atoms with Crippen LogP contribution in [0.25, 0.3) is 10.1 Å². The van der Waals surface area contributed by atoms with Gasteiger partial charge < -0.3 is 9.64 Å². The average Bonchev–Trinajstić information content (AvgIpc) is 3.21. The van der Waals surface area contributed by atoms with E-state index in [-0.39, 0.29) is 12.0 Å². The van der Waals surface area contributed by atoms with Crippen molar-refractivity contribution >= 4 is 27.3 Å². The Labute approximate surface area is 137 Å². The van der Waals surface area contributed by atoms with Crippen molar-refractivity contribution < 1.29 is 9.53 Å². The molecule has 0 unspecified atom stereocenters. The minimum absolute atomic E-state index is 0.0231. The van der Waals surface area contributed by atoms with Gasteiger partial charge in [-0.25, -0.2) is 4.98 Å². The van der Waals surface area contributed by atoms with E-state index in [1.807, 2.05) is 35.2 Å². The first-order valence-electron chi connectivity index (χ1n) is 7.50. The fourth-order valence-corrected chi connectivity index (χ4v) is 3.80. The average molecular weight is 325 g/mol. The van der Waals surface area contributed by atoms with Gasteiger partial charge in [0.2, 0.25) is 5.88 Å². The lowest BCUT2D eigenvalue weighted by Gasteiger charge is -2.15. The van der Waals surface area contributed by atoms with Crippen LogP contribution in [-0.4, -0.2) is 40.0 Å². The van der Waals surface area contributed by atoms with Crippen molar-refractivity contribution in [1.29, 1.82) is 0 Å². The monoisotopic (exact) mass is 325 g/mol. The quantitative estimate of drug-likeness (QED) is 0.743. The van der Waals surface area contributed by atoms with Crippen LogP contribution in [0.1, 0.15) is 16.1 Å². The fourth-order valence-electron chi connectivity index (χ4n) is 2.77. The number of hydrogen-bond acceptors (Lipinski definition) is 5. The lowest BCUT2D eigenvalue weighted by atomic mass is 10.2. The summed E-state index contributed by atoms with van der Waals surface area (Å²) in [5.41, 5.74) is 0. The number of ether oxygens (including phenoxy) is 1. The van der Waals surface area contributed by atoms with Crippen molar-refractivity contribution in [2.45, 2.75) is 12.5 Å². The number of thiophene rings is 1. The summed E-state index contributed by atoms with van der Waals surface area (Å²) in [6.07, 6.45) is 5.59. The summed E-state index contributed by atoms with van der Waals surface area (Å²) in [5, 5.41) is 1.12. The van der Waals surface area contributed by atoms with Gasteiger partial charge in [0.05, 0.1) is 17.6 Å². The predicted molar refractivity (Wildman–Crippen MR) is 88.8 cm³/mol. The largest absolute Gasteiger partial charge is 0.471 e. The summed E-state index contributed by atoms with van der Waals surface area (Å²) in [4.78, 5) is 23.4. The van der Waals surface area contributed by atoms with Crippen LogP contribution in [0.5, 0.6) is 5.88 Å². The molecule has 1 aliphatic rings. The molecule has 3 heterocycles. The third-order valence-electron chi connectivity index (χ3n) is 3.90. The highest BCUT2D eigenvalue weighted by Gasteiger charge is 2.29. The molecule has 1 fully saturated rings. The van der Waals surface area contributed by atoms with Crippen LogP contribution in [0.15, 0.2) is 48.9 Å². The number of hydrogen-bond donors (Lipinski definition) is 0. The molecule has 1 atom stereocenters. The molecule has 23 heavy (non-hydrogen) atoms. The molecule has 0 spiro atoms. The summed E-state index contributed by atoms with van der Waals surface area (Å²) >= 11 is 1.54. The highest BCUT2D eigenvalue weighted by molar-refractivity contribution is 7.20. The maximum absolute atomic E-state index is 12.7. The summed E-state index contributed by atoms with van der Waals surface area (Å²) in [6, 6.07) is 10.0. The molecular formula is C17H15N3O2S. The van der Waals surface area contributed by atoms with E-state index in [0.29, 0.717) is 19.0 Å². The van der Waals surface area contributed by atoms with Gasteiger partial charge >= 0.3 is 0 Å². The number of amides is 1. The van der Waals surface area contributed by atoms with E-state index in [2.05, 4.69) is 9.97 Å². The molecule has 1 aromatic carbocycles. The van der Waals surface area contributed by atoms with Gasteiger partial charge in [0.25, 0.3) is 5.91 Å². The smallest absolute Gasteiger partial charge is 0.264 e. The van der Waals surface area contributed by atoms with Crippen LogP contribution in [0, 0.1) is 0 Å². The first-order chi connectivity index (χ1) is 11.3. The first-order valence-corrected chi connectivity index (χ1v) is 8.32. The van der Waals surface area contributed by atoms with Crippen molar-refractivity contribution in [2.24, 2.45) is 0 Å². The minimum Gasteiger partial charge on any atom is -0.471 e. The van der Waals surface area contributed by atoms with E-state index < -0.39 is 0 Å². The Morgan fingerprint density at radius 1 is 1.30 bits per heavy atom. The van der Waals surface area contributed by atoms with Crippen LogP contribution in [-0.2, 0) is 0 Å². The molecule has 0 N–H and O–H groups in total. The van der Waals surface area contributed by atoms with Crippen molar-refractivity contribution in [3.63, 3.8) is 0 Å². The predicted octanol–water partition coefficient (Wildman–Crippen LogP) is 2.98. The summed E-state index contributed by atoms with van der Waals surface area (Å²) in [7, 11) is 0. The lowest BCUT2D eigenvalue weighted by Crippen LogP contribution is -2.30. The Kier molecular flexibility index (Phi) is 3.67. The molecule has 0 aliphatic carbocycles. The molecule has 1 aliphatic heterocycles. The maximum Gasteiger partial charge on any atom is 0.264 e. The number of nitrogens with zero attached hydrogens (tertiary/aromatic N) is 3. The van der Waals surface area contributed by atoms with Crippen molar-refractivity contribution in [3.8, 4) is 5.88 Å². The van der Waals surface area contributed by atoms with Gasteiger partial charge in [0, 0.05) is 30.1 Å². The molecule has 1 amide bonds. The molecule has 0 bridgehead atoms. The molecule has 0 radical (unpaired) electrons. The molecule has 3 aromatic rings. The Morgan fingerprint density at radius 3 is 3.04 bits per heavy atom. The van der Waals surface area contributed by atoms with Crippen LogP contribution in [0.4, 0.5) is 0 Å². The van der Waals surface area contributed by atoms with Gasteiger partial charge in [-0.1, -0.05) is 18.2 Å². The first kappa shape index (κ1) is 14.1. The van der Waals surface area contributed by atoms with E-state index in [4.69, 9.17) is 4.74 Å². The lowest BCUT2D eigenvalue weighted by molar-refractivity contribution is 0.0776. The Hall–Kier alpha value is -2.47. The molecule has 0 saturated carbocycles. The molecule has 6 heteroatoms. The van der Waals surface area contributed by atoms with Crippen LogP contribution < -0.4 is 4.74 Å². The number of rotatable bonds is 3. The van der Waals surface area contributed by atoms with E-state index in [0.717, 1.165) is 21.4 Å². The van der Waals surface area contributed by atoms with E-state index in [1.54, 1.807) is 29.9 Å². The summed E-state index contributed by atoms with van der Waals surface area (Å²) < 4.78 is 6.93. The zero-order valence-electron chi connectivity index (χ0n) is 12.4. The molecule has 4 rings (SSSR count). The molecule has 116 valence electrons. The van der Waals surface area contributed by atoms with Gasteiger partial charge in [-0.05, 0) is 17.5 Å². The number of benzene rings is 1. The second kappa shape index (κ2) is 5.96. The second-order valence-electron chi connectivity index (χ2n) is 5.47. The number of likely N-dealkylation sites (tertiary alicyclic amines) is 1. The van der Waals surface area contributed by atoms with E-state index in [9.17, 15) is 4.79 Å². The number of carbonyl (C=O) groups is 1. The molecule has 1 saturated heterocycles. The van der Waals surface area contributed by atoms with Crippen LogP contribution >= 0.6 is 11.3 Å². The minimum atomic E-state index is -0.0231. The van der Waals surface area contributed by atoms with Gasteiger partial charge in [-0.2, -0.15) is 0 Å². The Balaban J connectivity index is 1.45. The summed E-state index contributed by atoms with van der Waals surface area (Å²) in [5.74, 6) is 0.588. The molecule has 5 nitrogen and oxygen atoms in total. The normalized spacial score (nSPS) is 17.6. The van der Waals surface area contributed by atoms with Gasteiger partial charge in [0.15, 0.2) is 0 Å². The Bertz CT molecular complexity index is 801. The van der Waals surface area contributed by atoms with Gasteiger partial charge in [0.1, 0.15) is 6.10 Å². The standard InChI is InChI=1S/C17H15N3O2S/c21-17(15-9-12-3-1-2-4-14(12)23-15)20-8-5-13(11-20)22-16-10-18-6-7-19-16/h1-4,6-7,9-10,13H,5,8,11H2/t13-/m1/s1. The van der Waals surface area contributed by atoms with Crippen LogP contribution in [0.2, 0.25) is 0 Å². The molecular weight excluding hydrogens is 310 g/mol. The molecule has 2 aromatic heterocycles. The topological polar surface area (TPSA) is 55.3 Å². The number of aromatic nitrogens is 2. The van der Waals surface area contributed by atoms with Gasteiger partial charge in [-0.3, -0.25) is 9.78 Å². The van der Waals surface area contributed by atoms with Crippen molar-refractivity contribution in [1.82, 2.24) is 14.9 Å². The zero-order chi connectivity index (χ0) is 15.6. The van der Waals surface area contributed by atoms with Gasteiger partial charge in [-0.15, -0.1) is 11.3 Å². The highest BCUT2D eigenvalue weighted by Crippen LogP contribution is 2.27. The SMILES string of the molecule is O=C(c1cc2ccccc2s1)N1CC[C@@H](Oc2cnccn2)C1. The Morgan fingerprint density at radius 2 is 2.22 bits per heavy atom. The van der Waals surface area contributed by atoms with E-state index in [1.165, 1.54) is 0 Å². The maximum atomic E-state index is 12.7. The van der Waals surface area contributed by atoms with Crippen LogP contribution in [0.3, 0.4) is 0 Å². The number of carbonyl (C=O) groups excluding carboxylic acids is 1. The fraction of sp³-hybridized carbons (Fsp3) is 0.235. The zero-order valence-corrected chi connectivity index (χ0v) is 13.2. The third kappa shape index (κ3) is 2.90. The van der Waals surface area contributed by atoms with Crippen molar-refractivity contribution in [3.05, 3.63) is 53.8 Å². The summed E-state index contributed by atoms with van der Waals surface area (Å²) in [6.45, 7) is 1.29.